The molecule has 0 aliphatic carbocycles. The highest BCUT2D eigenvalue weighted by molar-refractivity contribution is 5.63. The maximum atomic E-state index is 13.3. The number of nitrogens with zero attached hydrogens (tertiary/aromatic N) is 1. The van der Waals surface area contributed by atoms with E-state index in [1.165, 1.54) is 31.4 Å². The Morgan fingerprint density at radius 2 is 1.90 bits per heavy atom. The Hall–Kier alpha value is -2.70. The van der Waals surface area contributed by atoms with E-state index in [0.717, 1.165) is 12.1 Å². The zero-order chi connectivity index (χ0) is 14.7. The second-order valence-electron chi connectivity index (χ2n) is 3.93. The third kappa shape index (κ3) is 3.00. The molecular formula is C13H10F2N2O3. The van der Waals surface area contributed by atoms with Gasteiger partial charge in [0.15, 0.2) is 11.6 Å². The number of nitro groups is 1. The topological polar surface area (TPSA) is 64.4 Å². The fraction of sp³-hybridized carbons (Fsp3) is 0.0769. The van der Waals surface area contributed by atoms with Gasteiger partial charge in [-0.1, -0.05) is 0 Å². The zero-order valence-electron chi connectivity index (χ0n) is 10.4. The number of nitrogens with one attached hydrogen (secondary N) is 1. The predicted molar refractivity (Wildman–Crippen MR) is 69.3 cm³/mol. The summed E-state index contributed by atoms with van der Waals surface area (Å²) in [6.45, 7) is 0. The van der Waals surface area contributed by atoms with Gasteiger partial charge in [0, 0.05) is 23.5 Å². The average molecular weight is 280 g/mol. The van der Waals surface area contributed by atoms with Crippen LogP contribution in [-0.4, -0.2) is 12.0 Å². The van der Waals surface area contributed by atoms with Gasteiger partial charge in [-0.3, -0.25) is 10.1 Å². The molecule has 0 saturated carbocycles. The molecule has 104 valence electrons. The van der Waals surface area contributed by atoms with Crippen LogP contribution in [0.15, 0.2) is 36.4 Å². The second-order valence-corrected chi connectivity index (χ2v) is 3.93. The average Bonchev–Trinajstić information content (AvgIpc) is 2.40. The standard InChI is InChI=1S/C13H10F2N2O3/c1-20-13-7-9(2-3-12(13)15)16-10-4-8(14)5-11(6-10)17(18)19/h2-7,16H,1H3. The van der Waals surface area contributed by atoms with Crippen LogP contribution < -0.4 is 10.1 Å². The summed E-state index contributed by atoms with van der Waals surface area (Å²) in [4.78, 5) is 9.95. The number of nitro benzene ring substituents is 1. The molecule has 0 aromatic heterocycles. The van der Waals surface area contributed by atoms with Crippen molar-refractivity contribution in [3.63, 3.8) is 0 Å². The molecule has 0 amide bonds. The molecule has 0 spiro atoms. The molecule has 1 N–H and O–H groups in total. The Labute approximate surface area is 113 Å². The van der Waals surface area contributed by atoms with E-state index in [2.05, 4.69) is 5.32 Å². The van der Waals surface area contributed by atoms with Gasteiger partial charge in [-0.15, -0.1) is 0 Å². The summed E-state index contributed by atoms with van der Waals surface area (Å²) in [6, 6.07) is 7.05. The fourth-order valence-electron chi connectivity index (χ4n) is 1.66. The van der Waals surface area contributed by atoms with E-state index in [9.17, 15) is 18.9 Å². The number of anilines is 2. The number of hydrogen-bond donors (Lipinski definition) is 1. The SMILES string of the molecule is COc1cc(Nc2cc(F)cc([N+](=O)[O-])c2)ccc1F. The Kier molecular flexibility index (Phi) is 3.79. The van der Waals surface area contributed by atoms with Crippen LogP contribution in [0.3, 0.4) is 0 Å². The van der Waals surface area contributed by atoms with Crippen molar-refractivity contribution in [2.75, 3.05) is 12.4 Å². The van der Waals surface area contributed by atoms with Crippen LogP contribution in [0.1, 0.15) is 0 Å². The Morgan fingerprint density at radius 3 is 2.55 bits per heavy atom. The van der Waals surface area contributed by atoms with Crippen LogP contribution in [0.5, 0.6) is 5.75 Å². The molecule has 5 nitrogen and oxygen atoms in total. The van der Waals surface area contributed by atoms with Gasteiger partial charge in [0.25, 0.3) is 5.69 Å². The first-order valence-corrected chi connectivity index (χ1v) is 5.55. The molecule has 20 heavy (non-hydrogen) atoms. The van der Waals surface area contributed by atoms with Crippen molar-refractivity contribution in [3.8, 4) is 5.75 Å². The molecule has 0 fully saturated rings. The lowest BCUT2D eigenvalue weighted by Gasteiger charge is -2.09. The third-order valence-electron chi connectivity index (χ3n) is 2.53. The summed E-state index contributed by atoms with van der Waals surface area (Å²) in [5.41, 5.74) is 0.232. The maximum absolute atomic E-state index is 13.3. The first-order chi connectivity index (χ1) is 9.49. The Balaban J connectivity index is 2.32. The van der Waals surface area contributed by atoms with Crippen LogP contribution in [-0.2, 0) is 0 Å². The van der Waals surface area contributed by atoms with E-state index in [0.29, 0.717) is 5.69 Å². The van der Waals surface area contributed by atoms with Gasteiger partial charge in [0.1, 0.15) is 5.82 Å². The van der Waals surface area contributed by atoms with Crippen LogP contribution >= 0.6 is 0 Å². The van der Waals surface area contributed by atoms with Crippen molar-refractivity contribution in [1.82, 2.24) is 0 Å². The minimum Gasteiger partial charge on any atom is -0.494 e. The largest absolute Gasteiger partial charge is 0.494 e. The van der Waals surface area contributed by atoms with Gasteiger partial charge < -0.3 is 10.1 Å². The molecular weight excluding hydrogens is 270 g/mol. The van der Waals surface area contributed by atoms with Gasteiger partial charge in [-0.25, -0.2) is 8.78 Å². The van der Waals surface area contributed by atoms with Crippen LogP contribution in [0, 0.1) is 21.7 Å². The molecule has 0 atom stereocenters. The maximum Gasteiger partial charge on any atom is 0.274 e. The zero-order valence-corrected chi connectivity index (χ0v) is 10.4. The minimum atomic E-state index is -0.740. The molecule has 2 rings (SSSR count). The molecule has 2 aromatic carbocycles. The van der Waals surface area contributed by atoms with Crippen molar-refractivity contribution in [2.24, 2.45) is 0 Å². The molecule has 0 aliphatic rings. The van der Waals surface area contributed by atoms with Crippen molar-refractivity contribution < 1.29 is 18.4 Å². The van der Waals surface area contributed by atoms with E-state index < -0.39 is 16.6 Å². The molecule has 7 heteroatoms. The number of non-ortho nitro benzene ring substituents is 1. The normalized spacial score (nSPS) is 10.2. The summed E-state index contributed by atoms with van der Waals surface area (Å²) in [7, 11) is 1.31. The number of halogens is 2. The molecule has 0 saturated heterocycles. The molecule has 0 radical (unpaired) electrons. The molecule has 0 unspecified atom stereocenters. The Bertz CT molecular complexity index is 662. The van der Waals surface area contributed by atoms with Crippen molar-refractivity contribution in [1.29, 1.82) is 0 Å². The first-order valence-electron chi connectivity index (χ1n) is 5.55. The second kappa shape index (κ2) is 5.52. The Morgan fingerprint density at radius 1 is 1.15 bits per heavy atom. The van der Waals surface area contributed by atoms with E-state index >= 15 is 0 Å². The predicted octanol–water partition coefficient (Wildman–Crippen LogP) is 3.63. The molecule has 0 heterocycles. The smallest absolute Gasteiger partial charge is 0.274 e. The van der Waals surface area contributed by atoms with E-state index in [1.807, 2.05) is 0 Å². The third-order valence-corrected chi connectivity index (χ3v) is 2.53. The summed E-state index contributed by atoms with van der Waals surface area (Å²) in [6.07, 6.45) is 0. The van der Waals surface area contributed by atoms with Crippen molar-refractivity contribution in [3.05, 3.63) is 58.1 Å². The fourth-order valence-corrected chi connectivity index (χ4v) is 1.66. The highest BCUT2D eigenvalue weighted by Crippen LogP contribution is 2.26. The van der Waals surface area contributed by atoms with Crippen LogP contribution in [0.4, 0.5) is 25.8 Å². The first kappa shape index (κ1) is 13.7. The number of ether oxygens (including phenoxy) is 1. The monoisotopic (exact) mass is 280 g/mol. The van der Waals surface area contributed by atoms with Crippen molar-refractivity contribution >= 4 is 17.1 Å². The van der Waals surface area contributed by atoms with Gasteiger partial charge in [-0.2, -0.15) is 0 Å². The lowest BCUT2D eigenvalue weighted by atomic mass is 10.2. The van der Waals surface area contributed by atoms with E-state index in [1.54, 1.807) is 0 Å². The number of rotatable bonds is 4. The van der Waals surface area contributed by atoms with Gasteiger partial charge >= 0.3 is 0 Å². The molecule has 2 aromatic rings. The highest BCUT2D eigenvalue weighted by atomic mass is 19.1. The minimum absolute atomic E-state index is 0.0147. The van der Waals surface area contributed by atoms with Gasteiger partial charge in [0.05, 0.1) is 18.1 Å². The number of methoxy groups -OCH3 is 1. The van der Waals surface area contributed by atoms with E-state index in [-0.39, 0.29) is 17.1 Å². The quantitative estimate of drug-likeness (QED) is 0.686. The molecule has 0 aliphatic heterocycles. The molecule has 0 bridgehead atoms. The van der Waals surface area contributed by atoms with Gasteiger partial charge in [-0.05, 0) is 18.2 Å². The van der Waals surface area contributed by atoms with Crippen LogP contribution in [0.25, 0.3) is 0 Å². The lowest BCUT2D eigenvalue weighted by Crippen LogP contribution is -1.96. The number of hydrogen-bond acceptors (Lipinski definition) is 4. The summed E-state index contributed by atoms with van der Waals surface area (Å²) in [5, 5.41) is 13.4. The summed E-state index contributed by atoms with van der Waals surface area (Å²) < 4.78 is 31.3. The van der Waals surface area contributed by atoms with Crippen LogP contribution in [0.2, 0.25) is 0 Å². The summed E-state index contributed by atoms with van der Waals surface area (Å²) >= 11 is 0. The highest BCUT2D eigenvalue weighted by Gasteiger charge is 2.10. The van der Waals surface area contributed by atoms with E-state index in [4.69, 9.17) is 4.74 Å². The lowest BCUT2D eigenvalue weighted by molar-refractivity contribution is -0.385. The summed E-state index contributed by atoms with van der Waals surface area (Å²) in [5.74, 6) is -1.26. The van der Waals surface area contributed by atoms with Gasteiger partial charge in [0.2, 0.25) is 0 Å². The number of benzene rings is 2. The van der Waals surface area contributed by atoms with Crippen molar-refractivity contribution in [2.45, 2.75) is 0 Å².